The van der Waals surface area contributed by atoms with Gasteiger partial charge in [0.25, 0.3) is 5.91 Å². The van der Waals surface area contributed by atoms with E-state index in [1.807, 2.05) is 14.1 Å². The zero-order valence-corrected chi connectivity index (χ0v) is 17.1. The lowest BCUT2D eigenvalue weighted by Gasteiger charge is -2.24. The highest BCUT2D eigenvalue weighted by atomic mass is 16.3. The van der Waals surface area contributed by atoms with Gasteiger partial charge in [-0.1, -0.05) is 24.3 Å². The first-order valence-corrected chi connectivity index (χ1v) is 10.1. The molecule has 1 aliphatic rings. The Hall–Kier alpha value is -3.02. The summed E-state index contributed by atoms with van der Waals surface area (Å²) in [5.41, 5.74) is 2.65. The second-order valence-electron chi connectivity index (χ2n) is 7.63. The van der Waals surface area contributed by atoms with E-state index in [0.29, 0.717) is 19.5 Å². The Labute approximate surface area is 172 Å². The fourth-order valence-corrected chi connectivity index (χ4v) is 3.67. The third kappa shape index (κ3) is 5.08. The lowest BCUT2D eigenvalue weighted by molar-refractivity contribution is -0.124. The zero-order valence-electron chi connectivity index (χ0n) is 17.1. The molecular formula is C23H29N3O3. The van der Waals surface area contributed by atoms with Crippen molar-refractivity contribution >= 4 is 17.5 Å². The first-order chi connectivity index (χ1) is 14.0. The number of nitrogens with one attached hydrogen (secondary N) is 1. The standard InChI is InChI=1S/C23H29N3O3/c1-25(2)18-13-11-17(12-14-18)7-5-15-24-22(28)20-9-6-16-26(20)23(29)19-8-3-4-10-21(19)27/h3-4,8,10-14,20,27H,5-7,9,15-16H2,1-2H3,(H,24,28). The minimum atomic E-state index is -0.471. The Morgan fingerprint density at radius 1 is 1.14 bits per heavy atom. The Bertz CT molecular complexity index is 849. The number of hydrogen-bond donors (Lipinski definition) is 2. The van der Waals surface area contributed by atoms with Gasteiger partial charge in [-0.2, -0.15) is 0 Å². The maximum atomic E-state index is 12.8. The van der Waals surface area contributed by atoms with Gasteiger partial charge in [-0.3, -0.25) is 9.59 Å². The summed E-state index contributed by atoms with van der Waals surface area (Å²) in [5, 5.41) is 12.9. The number of carbonyl (C=O) groups is 2. The maximum absolute atomic E-state index is 12.8. The molecule has 6 heteroatoms. The van der Waals surface area contributed by atoms with Crippen molar-refractivity contribution in [2.75, 3.05) is 32.1 Å². The summed E-state index contributed by atoms with van der Waals surface area (Å²) in [6, 6.07) is 14.4. The molecule has 0 aliphatic carbocycles. The summed E-state index contributed by atoms with van der Waals surface area (Å²) in [4.78, 5) is 29.0. The van der Waals surface area contributed by atoms with Crippen LogP contribution in [0.15, 0.2) is 48.5 Å². The molecule has 1 atom stereocenters. The van der Waals surface area contributed by atoms with E-state index in [2.05, 4.69) is 34.5 Å². The second-order valence-corrected chi connectivity index (χ2v) is 7.63. The molecule has 0 spiro atoms. The van der Waals surface area contributed by atoms with E-state index in [4.69, 9.17) is 0 Å². The molecule has 1 heterocycles. The molecular weight excluding hydrogens is 366 g/mol. The number of amides is 2. The Morgan fingerprint density at radius 3 is 2.55 bits per heavy atom. The molecule has 0 bridgehead atoms. The largest absolute Gasteiger partial charge is 0.507 e. The molecule has 154 valence electrons. The normalized spacial score (nSPS) is 15.9. The fraction of sp³-hybridized carbons (Fsp3) is 0.391. The molecule has 2 aromatic rings. The molecule has 3 rings (SSSR count). The molecule has 2 N–H and O–H groups in total. The van der Waals surface area contributed by atoms with E-state index in [1.165, 1.54) is 11.6 Å². The summed E-state index contributed by atoms with van der Waals surface area (Å²) in [6.45, 7) is 1.10. The van der Waals surface area contributed by atoms with Crippen LogP contribution in [0.25, 0.3) is 0 Å². The van der Waals surface area contributed by atoms with Crippen LogP contribution < -0.4 is 10.2 Å². The number of anilines is 1. The highest BCUT2D eigenvalue weighted by Gasteiger charge is 2.35. The number of rotatable bonds is 7. The quantitative estimate of drug-likeness (QED) is 0.707. The molecule has 2 amide bonds. The number of phenolic OH excluding ortho intramolecular Hbond substituents is 1. The summed E-state index contributed by atoms with van der Waals surface area (Å²) >= 11 is 0. The van der Waals surface area contributed by atoms with Gasteiger partial charge in [0.15, 0.2) is 0 Å². The van der Waals surface area contributed by atoms with Crippen molar-refractivity contribution in [2.24, 2.45) is 0 Å². The monoisotopic (exact) mass is 395 g/mol. The molecule has 0 saturated carbocycles. The highest BCUT2D eigenvalue weighted by Crippen LogP contribution is 2.24. The van der Waals surface area contributed by atoms with E-state index in [-0.39, 0.29) is 23.1 Å². The average molecular weight is 396 g/mol. The van der Waals surface area contributed by atoms with E-state index in [9.17, 15) is 14.7 Å². The third-order valence-corrected chi connectivity index (χ3v) is 5.34. The lowest BCUT2D eigenvalue weighted by atomic mass is 10.1. The van der Waals surface area contributed by atoms with Crippen LogP contribution in [0.1, 0.15) is 35.2 Å². The summed E-state index contributed by atoms with van der Waals surface area (Å²) in [5.74, 6) is -0.459. The maximum Gasteiger partial charge on any atom is 0.258 e. The Balaban J connectivity index is 1.49. The SMILES string of the molecule is CN(C)c1ccc(CCCNC(=O)C2CCCN2C(=O)c2ccccc2O)cc1. The van der Waals surface area contributed by atoms with Crippen LogP contribution in [0.4, 0.5) is 5.69 Å². The summed E-state index contributed by atoms with van der Waals surface area (Å²) in [6.07, 6.45) is 3.17. The van der Waals surface area contributed by atoms with Crippen LogP contribution in [-0.2, 0) is 11.2 Å². The van der Waals surface area contributed by atoms with Gasteiger partial charge in [0.1, 0.15) is 11.8 Å². The molecule has 0 radical (unpaired) electrons. The zero-order chi connectivity index (χ0) is 20.8. The lowest BCUT2D eigenvalue weighted by Crippen LogP contribution is -2.46. The van der Waals surface area contributed by atoms with Crippen molar-refractivity contribution in [1.82, 2.24) is 10.2 Å². The van der Waals surface area contributed by atoms with Crippen LogP contribution >= 0.6 is 0 Å². The molecule has 1 fully saturated rings. The molecule has 1 unspecified atom stereocenters. The molecule has 0 aromatic heterocycles. The molecule has 1 saturated heterocycles. The Kier molecular flexibility index (Phi) is 6.75. The van der Waals surface area contributed by atoms with Crippen molar-refractivity contribution in [3.63, 3.8) is 0 Å². The minimum Gasteiger partial charge on any atom is -0.507 e. The van der Waals surface area contributed by atoms with Crippen molar-refractivity contribution < 1.29 is 14.7 Å². The summed E-state index contributed by atoms with van der Waals surface area (Å²) < 4.78 is 0. The van der Waals surface area contributed by atoms with Crippen molar-refractivity contribution in [2.45, 2.75) is 31.7 Å². The number of aryl methyl sites for hydroxylation is 1. The van der Waals surface area contributed by atoms with Gasteiger partial charge in [0, 0.05) is 32.9 Å². The first-order valence-electron chi connectivity index (χ1n) is 10.1. The molecule has 29 heavy (non-hydrogen) atoms. The molecule has 6 nitrogen and oxygen atoms in total. The average Bonchev–Trinajstić information content (AvgIpc) is 3.21. The van der Waals surface area contributed by atoms with E-state index in [1.54, 1.807) is 23.1 Å². The number of aromatic hydroxyl groups is 1. The number of hydrogen-bond acceptors (Lipinski definition) is 4. The van der Waals surface area contributed by atoms with Crippen LogP contribution in [-0.4, -0.2) is 55.0 Å². The second kappa shape index (κ2) is 9.45. The predicted octanol–water partition coefficient (Wildman–Crippen LogP) is 2.81. The van der Waals surface area contributed by atoms with Crippen LogP contribution in [0.5, 0.6) is 5.75 Å². The fourth-order valence-electron chi connectivity index (χ4n) is 3.67. The molecule has 1 aliphatic heterocycles. The Morgan fingerprint density at radius 2 is 1.86 bits per heavy atom. The third-order valence-electron chi connectivity index (χ3n) is 5.34. The van der Waals surface area contributed by atoms with E-state index in [0.717, 1.165) is 24.9 Å². The van der Waals surface area contributed by atoms with Crippen molar-refractivity contribution in [3.05, 3.63) is 59.7 Å². The highest BCUT2D eigenvalue weighted by molar-refractivity contribution is 5.99. The van der Waals surface area contributed by atoms with Gasteiger partial charge >= 0.3 is 0 Å². The van der Waals surface area contributed by atoms with Gasteiger partial charge in [0.05, 0.1) is 5.56 Å². The number of para-hydroxylation sites is 1. The molecule has 2 aromatic carbocycles. The number of benzene rings is 2. The van der Waals surface area contributed by atoms with Gasteiger partial charge in [-0.05, 0) is 55.5 Å². The van der Waals surface area contributed by atoms with Crippen molar-refractivity contribution in [1.29, 1.82) is 0 Å². The first kappa shape index (κ1) is 20.7. The van der Waals surface area contributed by atoms with Crippen LogP contribution in [0, 0.1) is 0 Å². The number of nitrogens with zero attached hydrogens (tertiary/aromatic N) is 2. The number of phenols is 1. The van der Waals surface area contributed by atoms with Gasteiger partial charge < -0.3 is 20.2 Å². The van der Waals surface area contributed by atoms with Gasteiger partial charge in [-0.15, -0.1) is 0 Å². The smallest absolute Gasteiger partial charge is 0.258 e. The topological polar surface area (TPSA) is 72.9 Å². The van der Waals surface area contributed by atoms with Crippen LogP contribution in [0.3, 0.4) is 0 Å². The predicted molar refractivity (Wildman–Crippen MR) is 114 cm³/mol. The van der Waals surface area contributed by atoms with E-state index < -0.39 is 6.04 Å². The summed E-state index contributed by atoms with van der Waals surface area (Å²) in [7, 11) is 4.03. The van der Waals surface area contributed by atoms with Gasteiger partial charge in [0.2, 0.25) is 5.91 Å². The minimum absolute atomic E-state index is 0.0520. The van der Waals surface area contributed by atoms with E-state index >= 15 is 0 Å². The number of carbonyl (C=O) groups excluding carboxylic acids is 2. The van der Waals surface area contributed by atoms with Crippen molar-refractivity contribution in [3.8, 4) is 5.75 Å². The van der Waals surface area contributed by atoms with Crippen LogP contribution in [0.2, 0.25) is 0 Å². The van der Waals surface area contributed by atoms with Gasteiger partial charge in [-0.25, -0.2) is 0 Å². The number of likely N-dealkylation sites (tertiary alicyclic amines) is 1.